The van der Waals surface area contributed by atoms with Crippen LogP contribution in [0.25, 0.3) is 0 Å². The maximum Gasteiger partial charge on any atom is 0.226 e. The number of amides is 1. The standard InChI is InChI=1S/C20H30N2O2S/c1-2-3-9-19(23)22-20(25)21-17-10-12-18(13-11-17)24-15-14-16-7-5-4-6-8-16/h10-13,16H,2-9,14-15H2,1H3,(H2,21,22,23,25). The van der Waals surface area contributed by atoms with Crippen molar-refractivity contribution in [3.63, 3.8) is 0 Å². The maximum atomic E-state index is 11.6. The number of hydrogen-bond acceptors (Lipinski definition) is 3. The van der Waals surface area contributed by atoms with Crippen LogP contribution in [-0.2, 0) is 4.79 Å². The Bertz CT molecular complexity index is 539. The molecule has 0 aliphatic heterocycles. The molecule has 2 rings (SSSR count). The zero-order valence-electron chi connectivity index (χ0n) is 15.2. The molecule has 0 bridgehead atoms. The Morgan fingerprint density at radius 2 is 1.92 bits per heavy atom. The van der Waals surface area contributed by atoms with Gasteiger partial charge in [0.05, 0.1) is 6.61 Å². The second kappa shape index (κ2) is 11.1. The van der Waals surface area contributed by atoms with Crippen LogP contribution in [0.4, 0.5) is 5.69 Å². The van der Waals surface area contributed by atoms with E-state index in [0.29, 0.717) is 11.5 Å². The number of unbranched alkanes of at least 4 members (excludes halogenated alkanes) is 1. The van der Waals surface area contributed by atoms with Gasteiger partial charge in [-0.15, -0.1) is 0 Å². The molecule has 25 heavy (non-hydrogen) atoms. The van der Waals surface area contributed by atoms with E-state index in [1.54, 1.807) is 0 Å². The number of thiocarbonyl (C=S) groups is 1. The summed E-state index contributed by atoms with van der Waals surface area (Å²) >= 11 is 5.16. The normalized spacial score (nSPS) is 14.8. The summed E-state index contributed by atoms with van der Waals surface area (Å²) in [6, 6.07) is 7.70. The van der Waals surface area contributed by atoms with Gasteiger partial charge in [0.15, 0.2) is 5.11 Å². The van der Waals surface area contributed by atoms with Gasteiger partial charge >= 0.3 is 0 Å². The summed E-state index contributed by atoms with van der Waals surface area (Å²) in [6.45, 7) is 2.84. The summed E-state index contributed by atoms with van der Waals surface area (Å²) in [7, 11) is 0. The van der Waals surface area contributed by atoms with Gasteiger partial charge in [0.25, 0.3) is 0 Å². The highest BCUT2D eigenvalue weighted by molar-refractivity contribution is 7.80. The second-order valence-electron chi connectivity index (χ2n) is 6.77. The van der Waals surface area contributed by atoms with Gasteiger partial charge in [-0.3, -0.25) is 4.79 Å². The fourth-order valence-electron chi connectivity index (χ4n) is 3.14. The molecule has 138 valence electrons. The third-order valence-corrected chi connectivity index (χ3v) is 4.85. The summed E-state index contributed by atoms with van der Waals surface area (Å²) in [4.78, 5) is 11.6. The molecule has 4 nitrogen and oxygen atoms in total. The lowest BCUT2D eigenvalue weighted by Crippen LogP contribution is -2.33. The molecule has 5 heteroatoms. The van der Waals surface area contributed by atoms with Crippen molar-refractivity contribution in [1.29, 1.82) is 0 Å². The number of carbonyl (C=O) groups excluding carboxylic acids is 1. The van der Waals surface area contributed by atoms with Crippen LogP contribution in [0, 0.1) is 5.92 Å². The van der Waals surface area contributed by atoms with E-state index in [1.807, 2.05) is 24.3 Å². The molecule has 1 aliphatic carbocycles. The number of ether oxygens (including phenoxy) is 1. The smallest absolute Gasteiger partial charge is 0.226 e. The van der Waals surface area contributed by atoms with Crippen molar-refractivity contribution in [3.8, 4) is 5.75 Å². The van der Waals surface area contributed by atoms with Gasteiger partial charge in [0.1, 0.15) is 5.75 Å². The molecule has 1 aromatic carbocycles. The van der Waals surface area contributed by atoms with Crippen LogP contribution in [0.1, 0.15) is 64.7 Å². The number of rotatable bonds is 8. The monoisotopic (exact) mass is 362 g/mol. The number of nitrogens with one attached hydrogen (secondary N) is 2. The van der Waals surface area contributed by atoms with Gasteiger partial charge < -0.3 is 15.4 Å². The highest BCUT2D eigenvalue weighted by atomic mass is 32.1. The SMILES string of the molecule is CCCCC(=O)NC(=S)Nc1ccc(OCCC2CCCCC2)cc1. The molecule has 0 spiro atoms. The lowest BCUT2D eigenvalue weighted by Gasteiger charge is -2.21. The lowest BCUT2D eigenvalue weighted by atomic mass is 9.87. The predicted molar refractivity (Wildman–Crippen MR) is 107 cm³/mol. The van der Waals surface area contributed by atoms with Crippen LogP contribution in [0.3, 0.4) is 0 Å². The van der Waals surface area contributed by atoms with Gasteiger partial charge in [-0.1, -0.05) is 45.4 Å². The molecule has 1 aliphatic rings. The molecular weight excluding hydrogens is 332 g/mol. The molecule has 0 saturated heterocycles. The Kier molecular flexibility index (Phi) is 8.73. The van der Waals surface area contributed by atoms with Crippen molar-refractivity contribution in [2.75, 3.05) is 11.9 Å². The van der Waals surface area contributed by atoms with Gasteiger partial charge in [-0.2, -0.15) is 0 Å². The largest absolute Gasteiger partial charge is 0.494 e. The zero-order chi connectivity index (χ0) is 17.9. The average Bonchev–Trinajstić information content (AvgIpc) is 2.62. The van der Waals surface area contributed by atoms with Crippen molar-refractivity contribution in [3.05, 3.63) is 24.3 Å². The van der Waals surface area contributed by atoms with E-state index in [1.165, 1.54) is 32.1 Å². The minimum Gasteiger partial charge on any atom is -0.494 e. The molecule has 2 N–H and O–H groups in total. The van der Waals surface area contributed by atoms with E-state index < -0.39 is 0 Å². The summed E-state index contributed by atoms with van der Waals surface area (Å²) < 4.78 is 5.85. The molecule has 1 saturated carbocycles. The van der Waals surface area contributed by atoms with Crippen LogP contribution >= 0.6 is 12.2 Å². The quantitative estimate of drug-likeness (QED) is 0.636. The minimum atomic E-state index is -0.0398. The molecule has 0 unspecified atom stereocenters. The lowest BCUT2D eigenvalue weighted by molar-refractivity contribution is -0.119. The summed E-state index contributed by atoms with van der Waals surface area (Å²) in [5.74, 6) is 1.67. The van der Waals surface area contributed by atoms with Crippen molar-refractivity contribution < 1.29 is 9.53 Å². The third-order valence-electron chi connectivity index (χ3n) is 4.64. The van der Waals surface area contributed by atoms with Gasteiger partial charge in [-0.05, 0) is 55.2 Å². The minimum absolute atomic E-state index is 0.0398. The van der Waals surface area contributed by atoms with Gasteiger partial charge in [0.2, 0.25) is 5.91 Å². The van der Waals surface area contributed by atoms with E-state index >= 15 is 0 Å². The van der Waals surface area contributed by atoms with E-state index in [-0.39, 0.29) is 5.91 Å². The highest BCUT2D eigenvalue weighted by Crippen LogP contribution is 2.26. The fourth-order valence-corrected chi connectivity index (χ4v) is 3.37. The van der Waals surface area contributed by atoms with Crippen molar-refractivity contribution in [2.45, 2.75) is 64.7 Å². The van der Waals surface area contributed by atoms with Crippen LogP contribution in [0.2, 0.25) is 0 Å². The summed E-state index contributed by atoms with van der Waals surface area (Å²) in [5.41, 5.74) is 0.848. The first-order valence-corrected chi connectivity index (χ1v) is 9.92. The van der Waals surface area contributed by atoms with Gasteiger partial charge in [0, 0.05) is 12.1 Å². The zero-order valence-corrected chi connectivity index (χ0v) is 16.0. The van der Waals surface area contributed by atoms with Crippen molar-refractivity contribution >= 4 is 28.9 Å². The summed E-state index contributed by atoms with van der Waals surface area (Å²) in [5, 5.41) is 6.07. The third kappa shape index (κ3) is 7.86. The number of benzene rings is 1. The maximum absolute atomic E-state index is 11.6. The first-order chi connectivity index (χ1) is 12.2. The molecule has 0 atom stereocenters. The molecular formula is C20H30N2O2S. The number of hydrogen-bond donors (Lipinski definition) is 2. The van der Waals surface area contributed by atoms with E-state index in [9.17, 15) is 4.79 Å². The molecule has 1 amide bonds. The summed E-state index contributed by atoms with van der Waals surface area (Å²) in [6.07, 6.45) is 10.4. The van der Waals surface area contributed by atoms with Crippen LogP contribution in [0.15, 0.2) is 24.3 Å². The Morgan fingerprint density at radius 1 is 1.20 bits per heavy atom. The molecule has 1 aromatic rings. The predicted octanol–water partition coefficient (Wildman–Crippen LogP) is 5.04. The molecule has 1 fully saturated rings. The average molecular weight is 363 g/mol. The molecule has 0 heterocycles. The highest BCUT2D eigenvalue weighted by Gasteiger charge is 2.13. The van der Waals surface area contributed by atoms with Crippen molar-refractivity contribution in [1.82, 2.24) is 5.32 Å². The first kappa shape index (κ1) is 19.7. The van der Waals surface area contributed by atoms with Crippen LogP contribution < -0.4 is 15.4 Å². The Morgan fingerprint density at radius 3 is 2.60 bits per heavy atom. The Hall–Kier alpha value is -1.62. The van der Waals surface area contributed by atoms with Crippen LogP contribution in [-0.4, -0.2) is 17.6 Å². The number of carbonyl (C=O) groups is 1. The number of anilines is 1. The molecule has 0 radical (unpaired) electrons. The fraction of sp³-hybridized carbons (Fsp3) is 0.600. The van der Waals surface area contributed by atoms with E-state index in [4.69, 9.17) is 17.0 Å². The van der Waals surface area contributed by atoms with Gasteiger partial charge in [-0.25, -0.2) is 0 Å². The van der Waals surface area contributed by atoms with E-state index in [2.05, 4.69) is 17.6 Å². The van der Waals surface area contributed by atoms with Crippen LogP contribution in [0.5, 0.6) is 5.75 Å². The Labute approximate surface area is 156 Å². The van der Waals surface area contributed by atoms with E-state index in [0.717, 1.165) is 43.2 Å². The topological polar surface area (TPSA) is 50.4 Å². The molecule has 0 aromatic heterocycles. The van der Waals surface area contributed by atoms with Crippen molar-refractivity contribution in [2.24, 2.45) is 5.92 Å². The second-order valence-corrected chi connectivity index (χ2v) is 7.18. The Balaban J connectivity index is 1.68. The first-order valence-electron chi connectivity index (χ1n) is 9.51.